The van der Waals surface area contributed by atoms with Gasteiger partial charge in [-0.3, -0.25) is 14.2 Å². The summed E-state index contributed by atoms with van der Waals surface area (Å²) in [5, 5.41) is 9.94. The number of pyridine rings is 1. The van der Waals surface area contributed by atoms with Gasteiger partial charge in [-0.25, -0.2) is 0 Å². The summed E-state index contributed by atoms with van der Waals surface area (Å²) in [7, 11) is 2.00. The number of alkyl halides is 1. The van der Waals surface area contributed by atoms with Crippen molar-refractivity contribution in [3.63, 3.8) is 0 Å². The Labute approximate surface area is 163 Å². The largest absolute Gasteiger partial charge is 0.368 e. The van der Waals surface area contributed by atoms with E-state index in [1.54, 1.807) is 0 Å². The molecule has 2 heterocycles. The molecule has 1 saturated heterocycles. The smallest absolute Gasteiger partial charge is 0.255 e. The number of hydrogen-bond acceptors (Lipinski definition) is 4. The van der Waals surface area contributed by atoms with Gasteiger partial charge in [-0.2, -0.15) is 0 Å². The van der Waals surface area contributed by atoms with Crippen LogP contribution in [-0.4, -0.2) is 54.1 Å². The van der Waals surface area contributed by atoms with Gasteiger partial charge < -0.3 is 14.7 Å². The first-order valence-corrected chi connectivity index (χ1v) is 9.84. The highest BCUT2D eigenvalue weighted by molar-refractivity contribution is 5.95. The Bertz CT molecular complexity index is 554. The van der Waals surface area contributed by atoms with E-state index in [0.29, 0.717) is 19.3 Å². The Hall–Kier alpha value is -1.53. The minimum atomic E-state index is -0.816. The van der Waals surface area contributed by atoms with Gasteiger partial charge >= 0.3 is 0 Å². The molecule has 1 fully saturated rings. The Morgan fingerprint density at radius 1 is 1.37 bits per heavy atom. The third kappa shape index (κ3) is 7.18. The van der Waals surface area contributed by atoms with Gasteiger partial charge in [0, 0.05) is 31.3 Å². The predicted molar refractivity (Wildman–Crippen MR) is 108 cm³/mol. The molecule has 156 valence electrons. The van der Waals surface area contributed by atoms with Gasteiger partial charge in [0.05, 0.1) is 18.4 Å². The maximum Gasteiger partial charge on any atom is 0.255 e. The second kappa shape index (κ2) is 13.6. The summed E-state index contributed by atoms with van der Waals surface area (Å²) in [6.45, 7) is 10.6. The lowest BCUT2D eigenvalue weighted by molar-refractivity contribution is -0.126. The van der Waals surface area contributed by atoms with E-state index in [4.69, 9.17) is 4.74 Å². The highest BCUT2D eigenvalue weighted by Gasteiger charge is 2.33. The highest BCUT2D eigenvalue weighted by Crippen LogP contribution is 2.27. The zero-order chi connectivity index (χ0) is 21.0. The van der Waals surface area contributed by atoms with Crippen molar-refractivity contribution in [2.45, 2.75) is 72.6 Å². The molecule has 1 amide bonds. The number of piperidine rings is 1. The maximum absolute atomic E-state index is 13.0. The van der Waals surface area contributed by atoms with Crippen LogP contribution in [0.3, 0.4) is 0 Å². The molecule has 3 unspecified atom stereocenters. The van der Waals surface area contributed by atoms with E-state index in [0.717, 1.165) is 37.1 Å². The van der Waals surface area contributed by atoms with Crippen LogP contribution in [0, 0.1) is 12.8 Å². The first-order chi connectivity index (χ1) is 13.0. The van der Waals surface area contributed by atoms with Crippen LogP contribution in [0.4, 0.5) is 4.39 Å². The molecule has 1 aliphatic heterocycles. The number of ether oxygens (including phenoxy) is 1. The molecular formula is C21H37FN2O3. The molecule has 0 radical (unpaired) electrons. The Morgan fingerprint density at radius 3 is 2.56 bits per heavy atom. The number of aryl methyl sites for hydroxylation is 2. The summed E-state index contributed by atoms with van der Waals surface area (Å²) in [6, 6.07) is 3.94. The molecule has 0 aliphatic carbocycles. The summed E-state index contributed by atoms with van der Waals surface area (Å²) < 4.78 is 14.5. The zero-order valence-corrected chi connectivity index (χ0v) is 18.0. The van der Waals surface area contributed by atoms with E-state index < -0.39 is 6.29 Å². The summed E-state index contributed by atoms with van der Waals surface area (Å²) in [5.41, 5.74) is 2.50. The number of carbonyl (C=O) groups is 1. The molecule has 1 N–H and O–H groups in total. The zero-order valence-electron chi connectivity index (χ0n) is 18.0. The van der Waals surface area contributed by atoms with Gasteiger partial charge in [0.25, 0.3) is 5.91 Å². The van der Waals surface area contributed by atoms with E-state index >= 15 is 0 Å². The molecule has 27 heavy (non-hydrogen) atoms. The minimum absolute atomic E-state index is 0.0152. The quantitative estimate of drug-likeness (QED) is 0.774. The number of aliphatic hydroxyl groups excluding tert-OH is 1. The van der Waals surface area contributed by atoms with Gasteiger partial charge in [0.15, 0.2) is 6.29 Å². The van der Waals surface area contributed by atoms with Crippen molar-refractivity contribution in [2.24, 2.45) is 5.92 Å². The third-order valence-electron chi connectivity index (χ3n) is 4.65. The maximum atomic E-state index is 13.0. The molecule has 6 heteroatoms. The molecule has 2 rings (SSSR count). The molecule has 1 aromatic rings. The second-order valence-electron chi connectivity index (χ2n) is 6.47. The number of aliphatic hydroxyl groups is 1. The fourth-order valence-electron chi connectivity index (χ4n) is 3.23. The predicted octanol–water partition coefficient (Wildman–Crippen LogP) is 4.16. The number of amides is 1. The van der Waals surface area contributed by atoms with E-state index in [9.17, 15) is 14.3 Å². The van der Waals surface area contributed by atoms with Crippen LogP contribution in [0.2, 0.25) is 0 Å². The summed E-state index contributed by atoms with van der Waals surface area (Å²) in [6.07, 6.45) is 2.68. The lowest BCUT2D eigenvalue weighted by atomic mass is 9.92. The Morgan fingerprint density at radius 2 is 2.00 bits per heavy atom. The number of rotatable bonds is 5. The van der Waals surface area contributed by atoms with Crippen LogP contribution in [-0.2, 0) is 11.2 Å². The van der Waals surface area contributed by atoms with Gasteiger partial charge in [0.2, 0.25) is 0 Å². The van der Waals surface area contributed by atoms with E-state index in [1.165, 1.54) is 7.11 Å². The first-order valence-electron chi connectivity index (χ1n) is 9.84. The molecule has 1 aliphatic rings. The van der Waals surface area contributed by atoms with Crippen molar-refractivity contribution in [1.29, 1.82) is 0 Å². The molecule has 0 saturated carbocycles. The molecule has 3 atom stereocenters. The van der Waals surface area contributed by atoms with E-state index in [1.807, 2.05) is 37.8 Å². The van der Waals surface area contributed by atoms with Crippen LogP contribution < -0.4 is 0 Å². The number of methoxy groups -OCH3 is 1. The number of carbonyl (C=O) groups excluding carboxylic acids is 1. The Kier molecular flexibility index (Phi) is 12.8. The summed E-state index contributed by atoms with van der Waals surface area (Å²) in [4.78, 5) is 19.5. The van der Waals surface area contributed by atoms with Crippen LogP contribution >= 0.6 is 0 Å². The van der Waals surface area contributed by atoms with Crippen LogP contribution in [0.15, 0.2) is 12.1 Å². The average molecular weight is 385 g/mol. The van der Waals surface area contributed by atoms with Gasteiger partial charge in [-0.1, -0.05) is 27.2 Å². The second-order valence-corrected chi connectivity index (χ2v) is 6.47. The Balaban J connectivity index is 0.00000158. The summed E-state index contributed by atoms with van der Waals surface area (Å²) in [5.74, 6) is -0.0189. The van der Waals surface area contributed by atoms with Gasteiger partial charge in [-0.15, -0.1) is 0 Å². The van der Waals surface area contributed by atoms with Crippen molar-refractivity contribution in [1.82, 2.24) is 9.88 Å². The fourth-order valence-corrected chi connectivity index (χ4v) is 3.23. The van der Waals surface area contributed by atoms with Crippen LogP contribution in [0.5, 0.6) is 0 Å². The van der Waals surface area contributed by atoms with Gasteiger partial charge in [-0.05, 0) is 45.2 Å². The highest BCUT2D eigenvalue weighted by atomic mass is 19.1. The lowest BCUT2D eigenvalue weighted by Gasteiger charge is -2.39. The first kappa shape index (κ1) is 25.5. The SMILES string of the molecule is CC.CCCc1nc(C)ccc1C(=O)N1CC(C(O)OC)CCC1C.CF. The number of nitrogens with zero attached hydrogens (tertiary/aromatic N) is 2. The number of likely N-dealkylation sites (tertiary alicyclic amines) is 1. The molecule has 0 spiro atoms. The number of aromatic nitrogens is 1. The van der Waals surface area contributed by atoms with Crippen LogP contribution in [0.1, 0.15) is 68.7 Å². The number of halogens is 1. The molecule has 0 aromatic carbocycles. The van der Waals surface area contributed by atoms with Crippen LogP contribution in [0.25, 0.3) is 0 Å². The summed E-state index contributed by atoms with van der Waals surface area (Å²) >= 11 is 0. The molecule has 1 aromatic heterocycles. The van der Waals surface area contributed by atoms with E-state index in [-0.39, 0.29) is 17.9 Å². The van der Waals surface area contributed by atoms with Crippen molar-refractivity contribution >= 4 is 5.91 Å². The fraction of sp³-hybridized carbons (Fsp3) is 0.714. The topological polar surface area (TPSA) is 62.7 Å². The lowest BCUT2D eigenvalue weighted by Crippen LogP contribution is -2.48. The third-order valence-corrected chi connectivity index (χ3v) is 4.65. The molecular weight excluding hydrogens is 347 g/mol. The normalized spacial score (nSPS) is 20.0. The minimum Gasteiger partial charge on any atom is -0.368 e. The monoisotopic (exact) mass is 384 g/mol. The van der Waals surface area contributed by atoms with Crippen molar-refractivity contribution < 1.29 is 19.0 Å². The number of hydrogen-bond donors (Lipinski definition) is 1. The molecule has 5 nitrogen and oxygen atoms in total. The average Bonchev–Trinajstić information content (AvgIpc) is 2.71. The van der Waals surface area contributed by atoms with E-state index in [2.05, 4.69) is 18.8 Å². The molecule has 0 bridgehead atoms. The standard InChI is InChI=1S/C18H28N2O3.C2H6.CH3F/c1-5-6-16-15(10-7-12(2)19-16)17(21)20-11-14(18(22)23-4)9-8-13(20)3;2*1-2/h7,10,13-14,18,22H,5-6,8-9,11H2,1-4H3;1-2H3;1H3. The van der Waals surface area contributed by atoms with Crippen molar-refractivity contribution in [2.75, 3.05) is 20.8 Å². The van der Waals surface area contributed by atoms with Gasteiger partial charge in [0.1, 0.15) is 0 Å². The van der Waals surface area contributed by atoms with Crippen molar-refractivity contribution in [3.05, 3.63) is 29.1 Å². The van der Waals surface area contributed by atoms with Crippen molar-refractivity contribution in [3.8, 4) is 0 Å².